The fourth-order valence-electron chi connectivity index (χ4n) is 1.96. The van der Waals surface area contributed by atoms with E-state index in [4.69, 9.17) is 5.26 Å². The van der Waals surface area contributed by atoms with E-state index in [-0.39, 0.29) is 0 Å². The molecular weight excluding hydrogens is 210 g/mol. The van der Waals surface area contributed by atoms with Crippen molar-refractivity contribution >= 4 is 5.69 Å². The third-order valence-electron chi connectivity index (χ3n) is 2.92. The molecule has 1 heterocycles. The van der Waals surface area contributed by atoms with Crippen LogP contribution < -0.4 is 10.6 Å². The van der Waals surface area contributed by atoms with Crippen LogP contribution in [-0.2, 0) is 0 Å². The van der Waals surface area contributed by atoms with Crippen molar-refractivity contribution in [2.75, 3.05) is 25.0 Å². The summed E-state index contributed by atoms with van der Waals surface area (Å²) in [6, 6.07) is 9.76. The summed E-state index contributed by atoms with van der Waals surface area (Å²) in [5.74, 6) is 0. The first-order chi connectivity index (χ1) is 8.38. The van der Waals surface area contributed by atoms with E-state index in [2.05, 4.69) is 22.8 Å². The smallest absolute Gasteiger partial charge is 0.0992 e. The Labute approximate surface area is 102 Å². The molecule has 0 amide bonds. The molecule has 0 saturated carbocycles. The highest BCUT2D eigenvalue weighted by molar-refractivity contribution is 5.49. The number of nitrogens with one attached hydrogen (secondary N) is 2. The predicted octanol–water partition coefficient (Wildman–Crippen LogP) is 2.28. The molecule has 0 spiro atoms. The Bertz CT molecular complexity index is 443. The molecule has 1 aliphatic heterocycles. The van der Waals surface area contributed by atoms with Crippen LogP contribution in [-0.4, -0.2) is 19.6 Å². The second kappa shape index (κ2) is 6.07. The molecule has 88 valence electrons. The summed E-state index contributed by atoms with van der Waals surface area (Å²) < 4.78 is 0. The van der Waals surface area contributed by atoms with E-state index in [1.807, 2.05) is 24.3 Å². The largest absolute Gasteiger partial charge is 0.385 e. The van der Waals surface area contributed by atoms with Crippen LogP contribution in [0.3, 0.4) is 0 Å². The molecule has 0 bridgehead atoms. The van der Waals surface area contributed by atoms with Gasteiger partial charge in [0.2, 0.25) is 0 Å². The summed E-state index contributed by atoms with van der Waals surface area (Å²) in [4.78, 5) is 0. The monoisotopic (exact) mass is 227 g/mol. The van der Waals surface area contributed by atoms with Crippen molar-refractivity contribution in [3.63, 3.8) is 0 Å². The third-order valence-corrected chi connectivity index (χ3v) is 2.92. The minimum atomic E-state index is 0.705. The highest BCUT2D eigenvalue weighted by atomic mass is 14.9. The highest BCUT2D eigenvalue weighted by Crippen LogP contribution is 2.12. The molecule has 1 aliphatic rings. The van der Waals surface area contributed by atoms with Crippen LogP contribution in [0.25, 0.3) is 0 Å². The van der Waals surface area contributed by atoms with E-state index >= 15 is 0 Å². The number of nitrogens with zero attached hydrogens (tertiary/aromatic N) is 1. The number of hydrogen-bond acceptors (Lipinski definition) is 3. The average molecular weight is 227 g/mol. The van der Waals surface area contributed by atoms with Crippen LogP contribution in [0.2, 0.25) is 0 Å². The van der Waals surface area contributed by atoms with Gasteiger partial charge in [0.1, 0.15) is 0 Å². The van der Waals surface area contributed by atoms with Gasteiger partial charge in [0.15, 0.2) is 0 Å². The minimum absolute atomic E-state index is 0.705. The molecule has 2 rings (SSSR count). The van der Waals surface area contributed by atoms with Crippen molar-refractivity contribution < 1.29 is 0 Å². The second-order valence-corrected chi connectivity index (χ2v) is 4.19. The molecule has 3 heteroatoms. The van der Waals surface area contributed by atoms with Crippen molar-refractivity contribution in [1.82, 2.24) is 5.32 Å². The van der Waals surface area contributed by atoms with E-state index in [9.17, 15) is 0 Å². The van der Waals surface area contributed by atoms with Crippen LogP contribution in [0.15, 0.2) is 35.9 Å². The molecule has 1 aromatic rings. The summed E-state index contributed by atoms with van der Waals surface area (Å²) in [7, 11) is 0. The summed E-state index contributed by atoms with van der Waals surface area (Å²) in [5.41, 5.74) is 3.25. The average Bonchev–Trinajstić information content (AvgIpc) is 2.40. The minimum Gasteiger partial charge on any atom is -0.385 e. The topological polar surface area (TPSA) is 47.9 Å². The van der Waals surface area contributed by atoms with Crippen molar-refractivity contribution in [3.05, 3.63) is 41.5 Å². The van der Waals surface area contributed by atoms with Gasteiger partial charge in [0, 0.05) is 18.8 Å². The molecule has 2 N–H and O–H groups in total. The Morgan fingerprint density at radius 3 is 3.12 bits per heavy atom. The van der Waals surface area contributed by atoms with Crippen LogP contribution in [0.4, 0.5) is 5.69 Å². The van der Waals surface area contributed by atoms with E-state index in [0.29, 0.717) is 5.56 Å². The van der Waals surface area contributed by atoms with Crippen molar-refractivity contribution in [2.24, 2.45) is 0 Å². The van der Waals surface area contributed by atoms with Gasteiger partial charge in [-0.05, 0) is 37.6 Å². The Kier molecular flexibility index (Phi) is 4.17. The first-order valence-electron chi connectivity index (χ1n) is 6.01. The maximum absolute atomic E-state index is 8.80. The van der Waals surface area contributed by atoms with E-state index in [1.54, 1.807) is 0 Å². The normalized spacial score (nSPS) is 14.9. The Hall–Kier alpha value is -1.79. The van der Waals surface area contributed by atoms with Gasteiger partial charge in [-0.15, -0.1) is 0 Å². The number of nitriles is 1. The molecule has 0 aliphatic carbocycles. The predicted molar refractivity (Wildman–Crippen MR) is 69.8 cm³/mol. The lowest BCUT2D eigenvalue weighted by Crippen LogP contribution is -2.21. The van der Waals surface area contributed by atoms with Crippen LogP contribution in [0, 0.1) is 11.3 Å². The molecule has 0 fully saturated rings. The summed E-state index contributed by atoms with van der Waals surface area (Å²) in [6.45, 7) is 3.02. The maximum atomic E-state index is 8.80. The number of benzene rings is 1. The lowest BCUT2D eigenvalue weighted by Gasteiger charge is -2.14. The number of hydrogen-bond donors (Lipinski definition) is 2. The molecule has 0 unspecified atom stereocenters. The SMILES string of the molecule is N#Cc1cccc(NCCC2=CCNCC2)c1. The van der Waals surface area contributed by atoms with Crippen molar-refractivity contribution in [3.8, 4) is 6.07 Å². The molecular formula is C14H17N3. The van der Waals surface area contributed by atoms with Crippen LogP contribution >= 0.6 is 0 Å². The van der Waals surface area contributed by atoms with Gasteiger partial charge in [-0.2, -0.15) is 5.26 Å². The lowest BCUT2D eigenvalue weighted by molar-refractivity contribution is 0.683. The van der Waals surface area contributed by atoms with Crippen LogP contribution in [0.5, 0.6) is 0 Å². The highest BCUT2D eigenvalue weighted by Gasteiger charge is 2.02. The number of anilines is 1. The van der Waals surface area contributed by atoms with E-state index in [1.165, 1.54) is 5.57 Å². The van der Waals surface area contributed by atoms with Crippen molar-refractivity contribution in [2.45, 2.75) is 12.8 Å². The fraction of sp³-hybridized carbons (Fsp3) is 0.357. The van der Waals surface area contributed by atoms with Gasteiger partial charge >= 0.3 is 0 Å². The number of rotatable bonds is 4. The summed E-state index contributed by atoms with van der Waals surface area (Å²) in [5, 5.41) is 15.5. The Morgan fingerprint density at radius 2 is 2.35 bits per heavy atom. The molecule has 0 radical (unpaired) electrons. The molecule has 0 aromatic heterocycles. The van der Waals surface area contributed by atoms with E-state index in [0.717, 1.165) is 38.2 Å². The standard InChI is InChI=1S/C14H17N3/c15-11-13-2-1-3-14(10-13)17-9-6-12-4-7-16-8-5-12/h1-4,10,16-17H,5-9H2. The van der Waals surface area contributed by atoms with Gasteiger partial charge in [-0.1, -0.05) is 17.7 Å². The molecule has 0 atom stereocenters. The summed E-state index contributed by atoms with van der Waals surface area (Å²) >= 11 is 0. The van der Waals surface area contributed by atoms with Gasteiger partial charge in [0.25, 0.3) is 0 Å². The Balaban J connectivity index is 1.81. The molecule has 17 heavy (non-hydrogen) atoms. The fourth-order valence-corrected chi connectivity index (χ4v) is 1.96. The van der Waals surface area contributed by atoms with E-state index < -0.39 is 0 Å². The maximum Gasteiger partial charge on any atom is 0.0992 e. The van der Waals surface area contributed by atoms with Gasteiger partial charge in [0.05, 0.1) is 11.6 Å². The Morgan fingerprint density at radius 1 is 1.41 bits per heavy atom. The summed E-state index contributed by atoms with van der Waals surface area (Å²) in [6.07, 6.45) is 4.51. The quantitative estimate of drug-likeness (QED) is 0.776. The zero-order valence-electron chi connectivity index (χ0n) is 9.87. The molecule has 1 aromatic carbocycles. The second-order valence-electron chi connectivity index (χ2n) is 4.19. The molecule has 0 saturated heterocycles. The van der Waals surface area contributed by atoms with Gasteiger partial charge in [-0.25, -0.2) is 0 Å². The first-order valence-corrected chi connectivity index (χ1v) is 6.01. The van der Waals surface area contributed by atoms with Crippen LogP contribution in [0.1, 0.15) is 18.4 Å². The first kappa shape index (κ1) is 11.7. The third kappa shape index (κ3) is 3.61. The zero-order valence-corrected chi connectivity index (χ0v) is 9.87. The zero-order chi connectivity index (χ0) is 11.9. The molecule has 3 nitrogen and oxygen atoms in total. The van der Waals surface area contributed by atoms with Gasteiger partial charge < -0.3 is 10.6 Å². The van der Waals surface area contributed by atoms with Gasteiger partial charge in [-0.3, -0.25) is 0 Å². The van der Waals surface area contributed by atoms with Crippen molar-refractivity contribution in [1.29, 1.82) is 5.26 Å². The lowest BCUT2D eigenvalue weighted by atomic mass is 10.1.